The van der Waals surface area contributed by atoms with Gasteiger partial charge in [0.05, 0.1) is 18.8 Å². The topological polar surface area (TPSA) is 60.8 Å². The summed E-state index contributed by atoms with van der Waals surface area (Å²) in [4.78, 5) is 13.9. The molecule has 21 heavy (non-hydrogen) atoms. The summed E-state index contributed by atoms with van der Waals surface area (Å²) in [6.07, 6.45) is 2.12. The van der Waals surface area contributed by atoms with Gasteiger partial charge in [-0.1, -0.05) is 11.8 Å². The maximum atomic E-state index is 13.9. The van der Waals surface area contributed by atoms with Crippen molar-refractivity contribution in [1.29, 1.82) is 0 Å². The SMILES string of the molecule is O=C(c1cc(C#CCCO)ccc1F)N(CCO)C1CC1. The van der Waals surface area contributed by atoms with Crippen LogP contribution in [-0.4, -0.2) is 46.8 Å². The molecule has 0 aromatic heterocycles. The summed E-state index contributed by atoms with van der Waals surface area (Å²) < 4.78 is 13.9. The van der Waals surface area contributed by atoms with Crippen LogP contribution >= 0.6 is 0 Å². The number of benzene rings is 1. The Hall–Kier alpha value is -1.90. The highest BCUT2D eigenvalue weighted by Gasteiger charge is 2.33. The summed E-state index contributed by atoms with van der Waals surface area (Å²) in [7, 11) is 0. The van der Waals surface area contributed by atoms with Gasteiger partial charge in [-0.3, -0.25) is 4.79 Å². The Morgan fingerprint density at radius 3 is 2.71 bits per heavy atom. The number of hydrogen-bond acceptors (Lipinski definition) is 3. The Morgan fingerprint density at radius 2 is 2.10 bits per heavy atom. The largest absolute Gasteiger partial charge is 0.395 e. The summed E-state index contributed by atoms with van der Waals surface area (Å²) >= 11 is 0. The first-order valence-corrected chi connectivity index (χ1v) is 6.98. The van der Waals surface area contributed by atoms with Gasteiger partial charge in [0.15, 0.2) is 0 Å². The quantitative estimate of drug-likeness (QED) is 0.800. The number of rotatable bonds is 5. The fourth-order valence-corrected chi connectivity index (χ4v) is 2.09. The van der Waals surface area contributed by atoms with Crippen molar-refractivity contribution in [2.24, 2.45) is 0 Å². The molecule has 2 N–H and O–H groups in total. The van der Waals surface area contributed by atoms with E-state index in [1.807, 2.05) is 0 Å². The molecule has 1 aromatic carbocycles. The molecule has 0 bridgehead atoms. The third-order valence-corrected chi connectivity index (χ3v) is 3.26. The predicted octanol–water partition coefficient (Wildman–Crippen LogP) is 1.16. The maximum Gasteiger partial charge on any atom is 0.257 e. The molecular weight excluding hydrogens is 273 g/mol. The van der Waals surface area contributed by atoms with Gasteiger partial charge in [-0.05, 0) is 31.0 Å². The van der Waals surface area contributed by atoms with Crippen molar-refractivity contribution >= 4 is 5.91 Å². The lowest BCUT2D eigenvalue weighted by atomic mass is 10.1. The molecule has 1 saturated carbocycles. The standard InChI is InChI=1S/C16H18FNO3/c17-15-7-4-12(3-1-2-9-19)11-14(15)16(21)18(8-10-20)13-5-6-13/h4,7,11,13,19-20H,2,5-6,8-10H2. The van der Waals surface area contributed by atoms with E-state index in [4.69, 9.17) is 10.2 Å². The number of carbonyl (C=O) groups is 1. The van der Waals surface area contributed by atoms with Crippen LogP contribution in [-0.2, 0) is 0 Å². The van der Waals surface area contributed by atoms with Crippen molar-refractivity contribution in [3.8, 4) is 11.8 Å². The Bertz CT molecular complexity index is 573. The highest BCUT2D eigenvalue weighted by Crippen LogP contribution is 2.28. The summed E-state index contributed by atoms with van der Waals surface area (Å²) in [6, 6.07) is 4.26. The van der Waals surface area contributed by atoms with Crippen molar-refractivity contribution in [2.75, 3.05) is 19.8 Å². The van der Waals surface area contributed by atoms with Crippen LogP contribution in [0.4, 0.5) is 4.39 Å². The Morgan fingerprint density at radius 1 is 1.33 bits per heavy atom. The predicted molar refractivity (Wildman–Crippen MR) is 76.1 cm³/mol. The van der Waals surface area contributed by atoms with Crippen molar-refractivity contribution in [3.05, 3.63) is 35.1 Å². The minimum atomic E-state index is -0.587. The molecule has 4 nitrogen and oxygen atoms in total. The van der Waals surface area contributed by atoms with Crippen LogP contribution in [0, 0.1) is 17.7 Å². The first kappa shape index (κ1) is 15.5. The van der Waals surface area contributed by atoms with Gasteiger partial charge in [0.2, 0.25) is 0 Å². The van der Waals surface area contributed by atoms with E-state index in [1.165, 1.54) is 23.1 Å². The smallest absolute Gasteiger partial charge is 0.257 e. The Labute approximate surface area is 123 Å². The summed E-state index contributed by atoms with van der Waals surface area (Å²) in [6.45, 7) is 0.0369. The lowest BCUT2D eigenvalue weighted by Crippen LogP contribution is -2.36. The van der Waals surface area contributed by atoms with Crippen molar-refractivity contribution in [1.82, 2.24) is 4.90 Å². The Balaban J connectivity index is 2.23. The van der Waals surface area contributed by atoms with E-state index in [9.17, 15) is 9.18 Å². The van der Waals surface area contributed by atoms with E-state index in [0.717, 1.165) is 12.8 Å². The van der Waals surface area contributed by atoms with Crippen LogP contribution in [0.15, 0.2) is 18.2 Å². The van der Waals surface area contributed by atoms with Crippen LogP contribution in [0.3, 0.4) is 0 Å². The van der Waals surface area contributed by atoms with Gasteiger partial charge < -0.3 is 15.1 Å². The van der Waals surface area contributed by atoms with Crippen LogP contribution < -0.4 is 0 Å². The molecule has 0 radical (unpaired) electrons. The fraction of sp³-hybridized carbons (Fsp3) is 0.438. The van der Waals surface area contributed by atoms with Gasteiger partial charge >= 0.3 is 0 Å². The number of aliphatic hydroxyl groups excluding tert-OH is 2. The van der Waals surface area contributed by atoms with Gasteiger partial charge in [0.25, 0.3) is 5.91 Å². The number of nitrogens with zero attached hydrogens (tertiary/aromatic N) is 1. The zero-order valence-electron chi connectivity index (χ0n) is 11.7. The average molecular weight is 291 g/mol. The van der Waals surface area contributed by atoms with Crippen molar-refractivity contribution < 1.29 is 19.4 Å². The van der Waals surface area contributed by atoms with E-state index < -0.39 is 11.7 Å². The molecule has 1 aliphatic rings. The molecule has 1 amide bonds. The Kier molecular flexibility index (Phi) is 5.32. The first-order valence-electron chi connectivity index (χ1n) is 6.98. The second-order valence-electron chi connectivity index (χ2n) is 4.92. The van der Waals surface area contributed by atoms with Gasteiger partial charge in [-0.2, -0.15) is 0 Å². The normalized spacial score (nSPS) is 13.5. The molecule has 0 unspecified atom stereocenters. The molecule has 0 spiro atoms. The first-order chi connectivity index (χ1) is 10.2. The second-order valence-corrected chi connectivity index (χ2v) is 4.92. The zero-order valence-corrected chi connectivity index (χ0v) is 11.7. The van der Waals surface area contributed by atoms with E-state index in [2.05, 4.69) is 11.8 Å². The molecule has 1 aromatic rings. The average Bonchev–Trinajstić information content (AvgIpc) is 3.30. The molecule has 5 heteroatoms. The number of carbonyl (C=O) groups excluding carboxylic acids is 1. The third-order valence-electron chi connectivity index (χ3n) is 3.26. The summed E-state index contributed by atoms with van der Waals surface area (Å²) in [5.74, 6) is 4.53. The van der Waals surface area contributed by atoms with Crippen molar-refractivity contribution in [3.63, 3.8) is 0 Å². The molecule has 112 valence electrons. The van der Waals surface area contributed by atoms with Crippen LogP contribution in [0.25, 0.3) is 0 Å². The number of halogens is 1. The second kappa shape index (κ2) is 7.21. The van der Waals surface area contributed by atoms with Gasteiger partial charge in [-0.25, -0.2) is 4.39 Å². The molecule has 0 heterocycles. The van der Waals surface area contributed by atoms with E-state index in [1.54, 1.807) is 0 Å². The summed E-state index contributed by atoms with van der Waals surface area (Å²) in [5, 5.41) is 17.7. The minimum absolute atomic E-state index is 0.0221. The van der Waals surface area contributed by atoms with E-state index in [-0.39, 0.29) is 31.4 Å². The zero-order chi connectivity index (χ0) is 15.2. The fourth-order valence-electron chi connectivity index (χ4n) is 2.09. The number of aliphatic hydroxyl groups is 2. The molecule has 0 atom stereocenters. The highest BCUT2D eigenvalue weighted by molar-refractivity contribution is 5.95. The summed E-state index contributed by atoms with van der Waals surface area (Å²) in [5.41, 5.74) is 0.513. The number of hydrogen-bond donors (Lipinski definition) is 2. The molecule has 1 fully saturated rings. The molecule has 2 rings (SSSR count). The monoisotopic (exact) mass is 291 g/mol. The van der Waals surface area contributed by atoms with E-state index in [0.29, 0.717) is 12.0 Å². The lowest BCUT2D eigenvalue weighted by molar-refractivity contribution is 0.0703. The van der Waals surface area contributed by atoms with Gasteiger partial charge in [0, 0.05) is 24.6 Å². The molecular formula is C16H18FNO3. The molecule has 1 aliphatic carbocycles. The van der Waals surface area contributed by atoms with Gasteiger partial charge in [-0.15, -0.1) is 0 Å². The maximum absolute atomic E-state index is 13.9. The van der Waals surface area contributed by atoms with Crippen LogP contribution in [0.1, 0.15) is 35.2 Å². The minimum Gasteiger partial charge on any atom is -0.395 e. The van der Waals surface area contributed by atoms with Crippen LogP contribution in [0.5, 0.6) is 0 Å². The van der Waals surface area contributed by atoms with Gasteiger partial charge in [0.1, 0.15) is 5.82 Å². The van der Waals surface area contributed by atoms with Crippen LogP contribution in [0.2, 0.25) is 0 Å². The highest BCUT2D eigenvalue weighted by atomic mass is 19.1. The van der Waals surface area contributed by atoms with E-state index >= 15 is 0 Å². The number of amides is 1. The molecule has 0 aliphatic heterocycles. The van der Waals surface area contributed by atoms with Crippen molar-refractivity contribution in [2.45, 2.75) is 25.3 Å². The third kappa shape index (κ3) is 4.03. The lowest BCUT2D eigenvalue weighted by Gasteiger charge is -2.21. The molecule has 0 saturated heterocycles.